The molecule has 0 spiro atoms. The number of aliphatic hydroxyl groups excluding tert-OH is 1. The van der Waals surface area contributed by atoms with E-state index in [0.717, 1.165) is 5.56 Å². The summed E-state index contributed by atoms with van der Waals surface area (Å²) in [7, 11) is 0. The summed E-state index contributed by atoms with van der Waals surface area (Å²) < 4.78 is 10.5. The highest BCUT2D eigenvalue weighted by atomic mass is 16.7. The monoisotopic (exact) mass is 166 g/mol. The summed E-state index contributed by atoms with van der Waals surface area (Å²) in [5, 5.41) is 8.76. The molecule has 0 fully saturated rings. The molecule has 1 heterocycles. The molecule has 1 N–H and O–H groups in total. The van der Waals surface area contributed by atoms with Crippen molar-refractivity contribution in [2.75, 3.05) is 6.61 Å². The summed E-state index contributed by atoms with van der Waals surface area (Å²) in [5.74, 6) is 1.42. The van der Waals surface area contributed by atoms with Gasteiger partial charge in [0.25, 0.3) is 6.29 Å². The number of ether oxygens (including phenoxy) is 2. The average molecular weight is 166 g/mol. The van der Waals surface area contributed by atoms with Gasteiger partial charge in [-0.15, -0.1) is 0 Å². The Morgan fingerprint density at radius 1 is 1.33 bits per heavy atom. The molecule has 1 aliphatic rings. The van der Waals surface area contributed by atoms with Gasteiger partial charge in [0.2, 0.25) is 0 Å². The molecule has 1 atom stereocenters. The average Bonchev–Trinajstić information content (AvgIpc) is 2.46. The van der Waals surface area contributed by atoms with Gasteiger partial charge in [-0.2, -0.15) is 0 Å². The zero-order chi connectivity index (χ0) is 8.55. The number of fused-ring (bicyclic) bond motifs is 1. The lowest BCUT2D eigenvalue weighted by atomic mass is 10.2. The summed E-state index contributed by atoms with van der Waals surface area (Å²) in [5.41, 5.74) is 1.12. The molecule has 0 aromatic heterocycles. The van der Waals surface area contributed by atoms with Crippen LogP contribution in [0.1, 0.15) is 5.56 Å². The van der Waals surface area contributed by atoms with Gasteiger partial charge in [0.1, 0.15) is 6.61 Å². The van der Waals surface area contributed by atoms with Crippen LogP contribution in [0.2, 0.25) is 0 Å². The lowest BCUT2D eigenvalue weighted by Crippen LogP contribution is -2.22. The first-order valence-corrected chi connectivity index (χ1v) is 3.84. The van der Waals surface area contributed by atoms with E-state index in [2.05, 4.69) is 0 Å². The molecular formula is C9H10O3. The van der Waals surface area contributed by atoms with E-state index < -0.39 is 6.29 Å². The smallest absolute Gasteiger partial charge is 0.264 e. The Labute approximate surface area is 70.5 Å². The van der Waals surface area contributed by atoms with Gasteiger partial charge in [-0.25, -0.2) is 0 Å². The number of hydrogen-bond donors (Lipinski definition) is 1. The van der Waals surface area contributed by atoms with Gasteiger partial charge in [0.15, 0.2) is 11.5 Å². The predicted molar refractivity (Wildman–Crippen MR) is 43.3 cm³/mol. The molecule has 0 saturated heterocycles. The van der Waals surface area contributed by atoms with Crippen LogP contribution in [0.3, 0.4) is 0 Å². The Bertz CT molecular complexity index is 296. The molecule has 0 radical (unpaired) electrons. The molecule has 0 saturated carbocycles. The number of aliphatic hydroxyl groups is 1. The lowest BCUT2D eigenvalue weighted by Gasteiger charge is -2.04. The van der Waals surface area contributed by atoms with Gasteiger partial charge < -0.3 is 14.6 Å². The Hall–Kier alpha value is -1.22. The minimum atomic E-state index is -0.526. The van der Waals surface area contributed by atoms with Gasteiger partial charge in [-0.05, 0) is 24.6 Å². The Balaban J connectivity index is 2.30. The Morgan fingerprint density at radius 3 is 2.83 bits per heavy atom. The van der Waals surface area contributed by atoms with Crippen LogP contribution in [-0.2, 0) is 0 Å². The molecule has 3 nitrogen and oxygen atoms in total. The van der Waals surface area contributed by atoms with Crippen LogP contribution < -0.4 is 9.47 Å². The van der Waals surface area contributed by atoms with E-state index >= 15 is 0 Å². The van der Waals surface area contributed by atoms with Crippen molar-refractivity contribution in [2.45, 2.75) is 13.2 Å². The highest BCUT2D eigenvalue weighted by molar-refractivity contribution is 5.44. The molecule has 3 heteroatoms. The van der Waals surface area contributed by atoms with Gasteiger partial charge in [0, 0.05) is 0 Å². The van der Waals surface area contributed by atoms with Crippen molar-refractivity contribution in [3.05, 3.63) is 23.8 Å². The van der Waals surface area contributed by atoms with Crippen LogP contribution in [-0.4, -0.2) is 18.0 Å². The van der Waals surface area contributed by atoms with Crippen molar-refractivity contribution >= 4 is 0 Å². The summed E-state index contributed by atoms with van der Waals surface area (Å²) in [6.07, 6.45) is -0.526. The summed E-state index contributed by atoms with van der Waals surface area (Å²) >= 11 is 0. The third kappa shape index (κ3) is 1.12. The van der Waals surface area contributed by atoms with Crippen LogP contribution in [0.25, 0.3) is 0 Å². The van der Waals surface area contributed by atoms with E-state index in [1.807, 2.05) is 25.1 Å². The molecule has 1 aliphatic heterocycles. The van der Waals surface area contributed by atoms with Crippen LogP contribution in [0.4, 0.5) is 0 Å². The van der Waals surface area contributed by atoms with E-state index in [-0.39, 0.29) is 6.61 Å². The second kappa shape index (κ2) is 2.68. The Kier molecular flexibility index (Phi) is 1.66. The van der Waals surface area contributed by atoms with Crippen LogP contribution in [0, 0.1) is 6.92 Å². The third-order valence-corrected chi connectivity index (χ3v) is 1.77. The van der Waals surface area contributed by atoms with E-state index in [9.17, 15) is 0 Å². The maximum absolute atomic E-state index is 8.76. The standard InChI is InChI=1S/C9H10O3/c1-6-2-3-7-8(4-6)12-9(5-10)11-7/h2-4,9-10H,5H2,1H3. The minimum absolute atomic E-state index is 0.117. The lowest BCUT2D eigenvalue weighted by molar-refractivity contribution is -0.000793. The molecule has 2 rings (SSSR count). The maximum atomic E-state index is 8.76. The van der Waals surface area contributed by atoms with Crippen molar-refractivity contribution in [2.24, 2.45) is 0 Å². The van der Waals surface area contributed by atoms with E-state index in [1.54, 1.807) is 0 Å². The fourth-order valence-electron chi connectivity index (χ4n) is 1.19. The van der Waals surface area contributed by atoms with Crippen LogP contribution in [0.15, 0.2) is 18.2 Å². The van der Waals surface area contributed by atoms with Crippen molar-refractivity contribution in [1.29, 1.82) is 0 Å². The topological polar surface area (TPSA) is 38.7 Å². The minimum Gasteiger partial charge on any atom is -0.448 e. The SMILES string of the molecule is Cc1ccc2c(c1)OC(CO)O2. The van der Waals surface area contributed by atoms with Gasteiger partial charge in [-0.1, -0.05) is 6.07 Å². The molecule has 12 heavy (non-hydrogen) atoms. The van der Waals surface area contributed by atoms with Gasteiger partial charge in [0.05, 0.1) is 0 Å². The predicted octanol–water partition coefficient (Wildman–Crippen LogP) is 1.08. The molecule has 1 aromatic rings. The first-order chi connectivity index (χ1) is 5.79. The highest BCUT2D eigenvalue weighted by Gasteiger charge is 2.22. The Morgan fingerprint density at radius 2 is 2.08 bits per heavy atom. The third-order valence-electron chi connectivity index (χ3n) is 1.77. The largest absolute Gasteiger partial charge is 0.448 e. The molecule has 64 valence electrons. The highest BCUT2D eigenvalue weighted by Crippen LogP contribution is 2.34. The van der Waals surface area contributed by atoms with Crippen molar-refractivity contribution in [3.63, 3.8) is 0 Å². The summed E-state index contributed by atoms with van der Waals surface area (Å²) in [6.45, 7) is 1.86. The molecule has 1 unspecified atom stereocenters. The van der Waals surface area contributed by atoms with Gasteiger partial charge >= 0.3 is 0 Å². The van der Waals surface area contributed by atoms with Crippen molar-refractivity contribution < 1.29 is 14.6 Å². The molecular weight excluding hydrogens is 156 g/mol. The molecule has 0 amide bonds. The fraction of sp³-hybridized carbons (Fsp3) is 0.333. The zero-order valence-corrected chi connectivity index (χ0v) is 6.78. The molecule has 0 bridgehead atoms. The van der Waals surface area contributed by atoms with E-state index in [0.29, 0.717) is 11.5 Å². The summed E-state index contributed by atoms with van der Waals surface area (Å²) in [6, 6.07) is 5.69. The molecule has 1 aromatic carbocycles. The van der Waals surface area contributed by atoms with E-state index in [4.69, 9.17) is 14.6 Å². The second-order valence-electron chi connectivity index (χ2n) is 2.80. The number of benzene rings is 1. The quantitative estimate of drug-likeness (QED) is 0.678. The number of rotatable bonds is 1. The number of hydrogen-bond acceptors (Lipinski definition) is 3. The first-order valence-electron chi connectivity index (χ1n) is 3.84. The van der Waals surface area contributed by atoms with Crippen molar-refractivity contribution in [1.82, 2.24) is 0 Å². The van der Waals surface area contributed by atoms with Crippen molar-refractivity contribution in [3.8, 4) is 11.5 Å². The van der Waals surface area contributed by atoms with Crippen LogP contribution >= 0.6 is 0 Å². The first kappa shape index (κ1) is 7.43. The summed E-state index contributed by atoms with van der Waals surface area (Å²) in [4.78, 5) is 0. The van der Waals surface area contributed by atoms with Crippen LogP contribution in [0.5, 0.6) is 11.5 Å². The van der Waals surface area contributed by atoms with Gasteiger partial charge in [-0.3, -0.25) is 0 Å². The van der Waals surface area contributed by atoms with E-state index in [1.165, 1.54) is 0 Å². The maximum Gasteiger partial charge on any atom is 0.264 e. The number of aryl methyl sites for hydroxylation is 1. The second-order valence-corrected chi connectivity index (χ2v) is 2.80. The zero-order valence-electron chi connectivity index (χ0n) is 6.78. The molecule has 0 aliphatic carbocycles. The fourth-order valence-corrected chi connectivity index (χ4v) is 1.19. The normalized spacial score (nSPS) is 19.7.